The largest absolute Gasteiger partial charge is 0.158 e. The van der Waals surface area contributed by atoms with Gasteiger partial charge in [-0.2, -0.15) is 5.10 Å². The molecule has 0 saturated carbocycles. The van der Waals surface area contributed by atoms with Gasteiger partial charge in [-0.15, -0.1) is 5.10 Å². The summed E-state index contributed by atoms with van der Waals surface area (Å²) in [5.74, 6) is 0. The van der Waals surface area contributed by atoms with Crippen LogP contribution in [-0.4, -0.2) is 10.2 Å². The molecule has 0 saturated heterocycles. The zero-order chi connectivity index (χ0) is 5.82. The molecule has 0 aromatic carbocycles. The average Bonchev–Trinajstić information content (AvgIpc) is 1.90. The van der Waals surface area contributed by atoms with E-state index >= 15 is 0 Å². The Labute approximate surface area is 53.8 Å². The van der Waals surface area contributed by atoms with Gasteiger partial charge in [-0.1, -0.05) is 11.8 Å². The fraction of sp³-hybridized carbons (Fsp3) is 0. The van der Waals surface area contributed by atoms with Crippen molar-refractivity contribution in [3.05, 3.63) is 18.3 Å². The Morgan fingerprint density at radius 1 is 1.62 bits per heavy atom. The van der Waals surface area contributed by atoms with E-state index in [-0.39, 0.29) is 0 Å². The Balaban J connectivity index is 2.99. The number of nitrogens with zero attached hydrogens (tertiary/aromatic N) is 2. The molecule has 0 unspecified atom stereocenters. The third kappa shape index (κ3) is 1.29. The van der Waals surface area contributed by atoms with Crippen LogP contribution in [0.1, 0.15) is 0 Å². The van der Waals surface area contributed by atoms with Gasteiger partial charge in [0.1, 0.15) is 5.44 Å². The number of rotatable bonds is 1. The minimum Gasteiger partial charge on any atom is -0.158 e. The normalized spacial score (nSPS) is 9.50. The highest BCUT2D eigenvalue weighted by molar-refractivity contribution is 7.99. The average molecular weight is 142 g/mol. The van der Waals surface area contributed by atoms with E-state index in [1.807, 2.05) is 12.1 Å². The van der Waals surface area contributed by atoms with Crippen LogP contribution in [0.5, 0.6) is 0 Å². The zero-order valence-electron chi connectivity index (χ0n) is 3.98. The molecule has 8 heavy (non-hydrogen) atoms. The second kappa shape index (κ2) is 2.80. The van der Waals surface area contributed by atoms with Crippen molar-refractivity contribution in [2.75, 3.05) is 0 Å². The van der Waals surface area contributed by atoms with E-state index in [2.05, 4.69) is 22.0 Å². The van der Waals surface area contributed by atoms with Gasteiger partial charge in [-0.05, 0) is 12.1 Å². The molecule has 4 heteroatoms. The lowest BCUT2D eigenvalue weighted by atomic mass is 10.6. The van der Waals surface area contributed by atoms with Crippen molar-refractivity contribution in [2.45, 2.75) is 0 Å². The van der Waals surface area contributed by atoms with Crippen LogP contribution in [0.25, 0.3) is 0 Å². The zero-order valence-corrected chi connectivity index (χ0v) is 5.69. The number of hydrogen-bond donors (Lipinski definition) is 0. The van der Waals surface area contributed by atoms with Crippen LogP contribution < -0.4 is 5.44 Å². The van der Waals surface area contributed by atoms with E-state index in [0.717, 1.165) is 12.8 Å². The molecule has 0 radical (unpaired) electrons. The van der Waals surface area contributed by atoms with Crippen LogP contribution in [0.2, 0.25) is 0 Å². The molecule has 0 aliphatic heterocycles. The number of aromatic nitrogens is 2. The molecular weight excluding hydrogens is 139 g/mol. The van der Waals surface area contributed by atoms with Gasteiger partial charge in [-0.3, -0.25) is 0 Å². The molecule has 1 aromatic heterocycles. The third-order valence-corrected chi connectivity index (χ3v) is 1.64. The lowest BCUT2D eigenvalue weighted by Gasteiger charge is -1.80. The predicted octanol–water partition coefficient (Wildman–Crippen LogP) is 0.510. The van der Waals surface area contributed by atoms with Crippen molar-refractivity contribution in [1.82, 2.24) is 10.2 Å². The summed E-state index contributed by atoms with van der Waals surface area (Å²) in [6, 6.07) is 3.67. The van der Waals surface area contributed by atoms with Crippen molar-refractivity contribution in [2.24, 2.45) is 0 Å². The van der Waals surface area contributed by atoms with Gasteiger partial charge < -0.3 is 0 Å². The quantitative estimate of drug-likeness (QED) is 0.534. The standard InChI is InChI=1S/C4H3N2PS/c8-7-4-2-1-3-5-6-4/h1-3H. The Morgan fingerprint density at radius 2 is 2.50 bits per heavy atom. The molecule has 0 aliphatic carbocycles. The monoisotopic (exact) mass is 142 g/mol. The van der Waals surface area contributed by atoms with Crippen molar-refractivity contribution in [3.63, 3.8) is 0 Å². The summed E-state index contributed by atoms with van der Waals surface area (Å²) in [6.07, 6.45) is 1.63. The first-order chi connectivity index (χ1) is 3.93. The van der Waals surface area contributed by atoms with Gasteiger partial charge >= 0.3 is 0 Å². The third-order valence-electron chi connectivity index (χ3n) is 0.652. The second-order valence-corrected chi connectivity index (χ2v) is 2.36. The first-order valence-corrected chi connectivity index (χ1v) is 3.95. The van der Waals surface area contributed by atoms with Crippen LogP contribution in [0, 0.1) is 0 Å². The maximum atomic E-state index is 4.69. The molecule has 0 fully saturated rings. The molecule has 1 rings (SSSR count). The first kappa shape index (κ1) is 5.73. The molecule has 1 heterocycles. The molecule has 0 amide bonds. The summed E-state index contributed by atoms with van der Waals surface area (Å²) >= 11 is 4.69. The lowest BCUT2D eigenvalue weighted by molar-refractivity contribution is 1.06. The van der Waals surface area contributed by atoms with Crippen molar-refractivity contribution < 1.29 is 0 Å². The van der Waals surface area contributed by atoms with Crippen molar-refractivity contribution in [3.8, 4) is 0 Å². The van der Waals surface area contributed by atoms with E-state index in [1.54, 1.807) is 6.20 Å². The summed E-state index contributed by atoms with van der Waals surface area (Å²) in [5, 5.41) is 7.36. The van der Waals surface area contributed by atoms with Gasteiger partial charge in [0.05, 0.1) is 0 Å². The summed E-state index contributed by atoms with van der Waals surface area (Å²) < 4.78 is 0. The Kier molecular flexibility index (Phi) is 2.00. The predicted molar refractivity (Wildman–Crippen MR) is 36.0 cm³/mol. The van der Waals surface area contributed by atoms with Crippen LogP contribution in [0.15, 0.2) is 18.3 Å². The van der Waals surface area contributed by atoms with Crippen molar-refractivity contribution in [1.29, 1.82) is 0 Å². The Hall–Kier alpha value is -0.400. The van der Waals surface area contributed by atoms with Crippen molar-refractivity contribution >= 4 is 24.6 Å². The smallest absolute Gasteiger partial charge is 0.123 e. The van der Waals surface area contributed by atoms with E-state index in [0.29, 0.717) is 0 Å². The minimum atomic E-state index is 0.759. The molecule has 40 valence electrons. The second-order valence-electron chi connectivity index (χ2n) is 1.17. The summed E-state index contributed by atoms with van der Waals surface area (Å²) in [7, 11) is 0.759. The fourth-order valence-electron chi connectivity index (χ4n) is 0.342. The summed E-state index contributed by atoms with van der Waals surface area (Å²) in [4.78, 5) is 0. The van der Waals surface area contributed by atoms with Crippen LogP contribution in [-0.2, 0) is 11.8 Å². The van der Waals surface area contributed by atoms with Gasteiger partial charge in [0.2, 0.25) is 0 Å². The van der Waals surface area contributed by atoms with Crippen LogP contribution in [0.4, 0.5) is 0 Å². The number of hydrogen-bond acceptors (Lipinski definition) is 3. The van der Waals surface area contributed by atoms with Crippen LogP contribution >= 0.6 is 7.36 Å². The Morgan fingerprint density at radius 3 is 2.88 bits per heavy atom. The fourth-order valence-corrected chi connectivity index (χ4v) is 0.869. The van der Waals surface area contributed by atoms with Gasteiger partial charge in [-0.25, -0.2) is 0 Å². The molecule has 2 nitrogen and oxygen atoms in total. The molecule has 0 atom stereocenters. The van der Waals surface area contributed by atoms with Gasteiger partial charge in [0.25, 0.3) is 0 Å². The molecular formula is C4H3N2PS. The SMILES string of the molecule is S=Pc1cccnn1. The Bertz CT molecular complexity index is 177. The van der Waals surface area contributed by atoms with E-state index in [1.165, 1.54) is 0 Å². The molecule has 0 N–H and O–H groups in total. The molecule has 1 aromatic rings. The lowest BCUT2D eigenvalue weighted by Crippen LogP contribution is -1.97. The summed E-state index contributed by atoms with van der Waals surface area (Å²) in [5.41, 5.74) is 0.836. The molecule has 0 aliphatic rings. The van der Waals surface area contributed by atoms with Gasteiger partial charge in [0, 0.05) is 13.6 Å². The van der Waals surface area contributed by atoms with Gasteiger partial charge in [0.15, 0.2) is 0 Å². The first-order valence-electron chi connectivity index (χ1n) is 2.04. The molecule has 0 spiro atoms. The maximum absolute atomic E-state index is 4.69. The molecule has 0 bridgehead atoms. The van der Waals surface area contributed by atoms with E-state index < -0.39 is 0 Å². The highest BCUT2D eigenvalue weighted by atomic mass is 32.4. The minimum absolute atomic E-state index is 0.759. The highest BCUT2D eigenvalue weighted by Crippen LogP contribution is 1.86. The highest BCUT2D eigenvalue weighted by Gasteiger charge is 1.81. The van der Waals surface area contributed by atoms with E-state index in [4.69, 9.17) is 0 Å². The maximum Gasteiger partial charge on any atom is 0.123 e. The summed E-state index contributed by atoms with van der Waals surface area (Å²) in [6.45, 7) is 0. The topological polar surface area (TPSA) is 25.8 Å². The van der Waals surface area contributed by atoms with E-state index in [9.17, 15) is 0 Å². The van der Waals surface area contributed by atoms with Crippen LogP contribution in [0.3, 0.4) is 0 Å².